The second kappa shape index (κ2) is 6.27. The molecule has 0 radical (unpaired) electrons. The summed E-state index contributed by atoms with van der Waals surface area (Å²) >= 11 is 0. The van der Waals surface area contributed by atoms with Crippen LogP contribution >= 0.6 is 0 Å². The van der Waals surface area contributed by atoms with E-state index in [2.05, 4.69) is 22.3 Å². The van der Waals surface area contributed by atoms with E-state index in [9.17, 15) is 4.79 Å². The quantitative estimate of drug-likeness (QED) is 0.900. The minimum absolute atomic E-state index is 0.193. The molecule has 2 aliphatic heterocycles. The third-order valence-electron chi connectivity index (χ3n) is 6.17. The highest BCUT2D eigenvalue weighted by molar-refractivity contribution is 5.98. The molecule has 1 aromatic rings. The van der Waals surface area contributed by atoms with Gasteiger partial charge >= 0.3 is 0 Å². The van der Waals surface area contributed by atoms with E-state index in [1.165, 1.54) is 50.8 Å². The van der Waals surface area contributed by atoms with Crippen LogP contribution < -0.4 is 5.32 Å². The van der Waals surface area contributed by atoms with Crippen molar-refractivity contribution in [2.45, 2.75) is 51.4 Å². The molecule has 2 fully saturated rings. The molecule has 3 nitrogen and oxygen atoms in total. The van der Waals surface area contributed by atoms with Crippen molar-refractivity contribution in [1.82, 2.24) is 4.90 Å². The van der Waals surface area contributed by atoms with Crippen molar-refractivity contribution in [3.63, 3.8) is 0 Å². The zero-order valence-electron chi connectivity index (χ0n) is 14.0. The summed E-state index contributed by atoms with van der Waals surface area (Å²) in [6.07, 6.45) is 10.1. The van der Waals surface area contributed by atoms with Crippen molar-refractivity contribution in [3.8, 4) is 0 Å². The van der Waals surface area contributed by atoms with Crippen LogP contribution in [0.2, 0.25) is 0 Å². The van der Waals surface area contributed by atoms with Gasteiger partial charge in [0.15, 0.2) is 0 Å². The number of anilines is 1. The van der Waals surface area contributed by atoms with Gasteiger partial charge in [-0.25, -0.2) is 0 Å². The molecule has 1 unspecified atom stereocenters. The Kier molecular flexibility index (Phi) is 4.14. The summed E-state index contributed by atoms with van der Waals surface area (Å²) in [5.74, 6) is 1.11. The van der Waals surface area contributed by atoms with Crippen molar-refractivity contribution in [3.05, 3.63) is 29.8 Å². The van der Waals surface area contributed by atoms with E-state index in [4.69, 9.17) is 0 Å². The largest absolute Gasteiger partial charge is 0.325 e. The Hall–Kier alpha value is -1.35. The molecule has 1 atom stereocenters. The summed E-state index contributed by atoms with van der Waals surface area (Å²) in [4.78, 5) is 15.4. The molecule has 1 amide bonds. The Morgan fingerprint density at radius 3 is 2.83 bits per heavy atom. The molecule has 2 heterocycles. The number of carbonyl (C=O) groups is 1. The average molecular weight is 312 g/mol. The highest BCUT2D eigenvalue weighted by atomic mass is 16.2. The minimum Gasteiger partial charge on any atom is -0.325 e. The number of para-hydroxylation sites is 1. The molecular weight excluding hydrogens is 284 g/mol. The van der Waals surface area contributed by atoms with Gasteiger partial charge in [-0.1, -0.05) is 37.5 Å². The van der Waals surface area contributed by atoms with Crippen LogP contribution in [-0.4, -0.2) is 30.4 Å². The monoisotopic (exact) mass is 312 g/mol. The lowest BCUT2D eigenvalue weighted by Gasteiger charge is -2.45. The maximum Gasteiger partial charge on any atom is 0.232 e. The molecule has 3 aliphatic rings. The third kappa shape index (κ3) is 3.03. The highest BCUT2D eigenvalue weighted by Crippen LogP contribution is 2.40. The molecule has 3 heteroatoms. The topological polar surface area (TPSA) is 32.3 Å². The first kappa shape index (κ1) is 15.2. The Morgan fingerprint density at radius 1 is 1.13 bits per heavy atom. The molecule has 0 bridgehead atoms. The maximum absolute atomic E-state index is 12.8. The van der Waals surface area contributed by atoms with Crippen molar-refractivity contribution in [2.75, 3.05) is 25.0 Å². The fourth-order valence-corrected chi connectivity index (χ4v) is 4.94. The number of carbonyl (C=O) groups excluding carboxylic acids is 1. The van der Waals surface area contributed by atoms with Crippen molar-refractivity contribution < 1.29 is 4.79 Å². The van der Waals surface area contributed by atoms with Crippen LogP contribution in [0.5, 0.6) is 0 Å². The van der Waals surface area contributed by atoms with Gasteiger partial charge in [-0.15, -0.1) is 0 Å². The van der Waals surface area contributed by atoms with Crippen LogP contribution in [0.3, 0.4) is 0 Å². The summed E-state index contributed by atoms with van der Waals surface area (Å²) in [7, 11) is 0. The smallest absolute Gasteiger partial charge is 0.232 e. The van der Waals surface area contributed by atoms with E-state index >= 15 is 0 Å². The van der Waals surface area contributed by atoms with Crippen molar-refractivity contribution >= 4 is 11.6 Å². The van der Waals surface area contributed by atoms with Gasteiger partial charge in [0.25, 0.3) is 0 Å². The van der Waals surface area contributed by atoms with Gasteiger partial charge in [0.05, 0.1) is 5.41 Å². The lowest BCUT2D eigenvalue weighted by atomic mass is 9.72. The van der Waals surface area contributed by atoms with E-state index < -0.39 is 0 Å². The second-order valence-corrected chi connectivity index (χ2v) is 7.91. The van der Waals surface area contributed by atoms with E-state index in [0.29, 0.717) is 0 Å². The van der Waals surface area contributed by atoms with E-state index in [1.807, 2.05) is 12.1 Å². The van der Waals surface area contributed by atoms with Crippen LogP contribution in [0.1, 0.15) is 50.5 Å². The number of amides is 1. The van der Waals surface area contributed by atoms with Crippen LogP contribution in [-0.2, 0) is 11.2 Å². The molecule has 1 N–H and O–H groups in total. The van der Waals surface area contributed by atoms with Gasteiger partial charge in [-0.3, -0.25) is 4.79 Å². The molecule has 0 aromatic heterocycles. The number of benzene rings is 1. The lowest BCUT2D eigenvalue weighted by molar-refractivity contribution is -0.129. The highest BCUT2D eigenvalue weighted by Gasteiger charge is 2.45. The molecule has 4 rings (SSSR count). The fraction of sp³-hybridized carbons (Fsp3) is 0.650. The predicted molar refractivity (Wildman–Crippen MR) is 93.5 cm³/mol. The van der Waals surface area contributed by atoms with Crippen molar-refractivity contribution in [2.24, 2.45) is 11.3 Å². The number of rotatable bonds is 2. The first-order valence-corrected chi connectivity index (χ1v) is 9.37. The maximum atomic E-state index is 12.8. The van der Waals surface area contributed by atoms with Crippen LogP contribution in [0.4, 0.5) is 5.69 Å². The number of nitrogens with zero attached hydrogens (tertiary/aromatic N) is 1. The minimum atomic E-state index is -0.193. The predicted octanol–water partition coefficient (Wildman–Crippen LogP) is 3.84. The first-order valence-electron chi connectivity index (χ1n) is 9.37. The summed E-state index contributed by atoms with van der Waals surface area (Å²) in [5, 5.41) is 3.18. The van der Waals surface area contributed by atoms with Gasteiger partial charge < -0.3 is 10.2 Å². The Balaban J connectivity index is 1.48. The molecular formula is C20H28N2O. The summed E-state index contributed by atoms with van der Waals surface area (Å²) in [6, 6.07) is 8.30. The Morgan fingerprint density at radius 2 is 1.96 bits per heavy atom. The van der Waals surface area contributed by atoms with Crippen LogP contribution in [0, 0.1) is 11.3 Å². The number of nitrogens with one attached hydrogen (secondary N) is 1. The molecule has 124 valence electrons. The number of fused-ring (bicyclic) bond motifs is 1. The number of hydrogen-bond acceptors (Lipinski definition) is 2. The summed E-state index contributed by atoms with van der Waals surface area (Å²) in [6.45, 7) is 3.33. The second-order valence-electron chi connectivity index (χ2n) is 7.91. The average Bonchev–Trinajstić information content (AvgIpc) is 2.57. The lowest BCUT2D eigenvalue weighted by Crippen LogP contribution is -2.53. The standard InChI is InChI=1S/C20H28N2O/c23-19-20(13-17-9-4-5-10-18(17)21-19)11-6-12-22(15-20)14-16-7-2-1-3-8-16/h4-5,9-10,16H,1-3,6-8,11-15H2,(H,21,23). The van der Waals surface area contributed by atoms with Gasteiger partial charge in [-0.05, 0) is 56.2 Å². The van der Waals surface area contributed by atoms with Gasteiger partial charge in [0, 0.05) is 18.8 Å². The molecule has 1 saturated heterocycles. The van der Waals surface area contributed by atoms with E-state index in [1.54, 1.807) is 0 Å². The first-order chi connectivity index (χ1) is 11.3. The normalized spacial score (nSPS) is 29.3. The molecule has 23 heavy (non-hydrogen) atoms. The van der Waals surface area contributed by atoms with Gasteiger partial charge in [-0.2, -0.15) is 0 Å². The molecule has 1 saturated carbocycles. The van der Waals surface area contributed by atoms with Gasteiger partial charge in [0.1, 0.15) is 0 Å². The SMILES string of the molecule is O=C1Nc2ccccc2CC12CCCN(CC1CCCCC1)C2. The van der Waals surface area contributed by atoms with Gasteiger partial charge in [0.2, 0.25) is 5.91 Å². The van der Waals surface area contributed by atoms with E-state index in [0.717, 1.165) is 37.4 Å². The van der Waals surface area contributed by atoms with Crippen LogP contribution in [0.25, 0.3) is 0 Å². The third-order valence-corrected chi connectivity index (χ3v) is 6.17. The van der Waals surface area contributed by atoms with Crippen LogP contribution in [0.15, 0.2) is 24.3 Å². The molecule has 1 aliphatic carbocycles. The zero-order valence-corrected chi connectivity index (χ0v) is 14.0. The number of hydrogen-bond donors (Lipinski definition) is 1. The molecule has 1 aromatic carbocycles. The zero-order chi connectivity index (χ0) is 15.7. The van der Waals surface area contributed by atoms with E-state index in [-0.39, 0.29) is 11.3 Å². The Labute approximate surface area is 139 Å². The Bertz CT molecular complexity index is 579. The number of piperidine rings is 1. The van der Waals surface area contributed by atoms with Crippen molar-refractivity contribution in [1.29, 1.82) is 0 Å². The summed E-state index contributed by atoms with van der Waals surface area (Å²) < 4.78 is 0. The molecule has 1 spiro atoms. The number of likely N-dealkylation sites (tertiary alicyclic amines) is 1. The fourth-order valence-electron chi connectivity index (χ4n) is 4.94. The summed E-state index contributed by atoms with van der Waals surface area (Å²) in [5.41, 5.74) is 2.14.